The molecule has 0 radical (unpaired) electrons. The summed E-state index contributed by atoms with van der Waals surface area (Å²) in [7, 11) is 1.52. The molecule has 0 saturated carbocycles. The Balaban J connectivity index is 1.87. The number of carbonyl (C=O) groups is 1. The number of methoxy groups -OCH3 is 1. The molecule has 2 N–H and O–H groups in total. The van der Waals surface area contributed by atoms with Crippen molar-refractivity contribution in [1.29, 1.82) is 0 Å². The van der Waals surface area contributed by atoms with E-state index in [2.05, 4.69) is 15.5 Å². The van der Waals surface area contributed by atoms with Crippen LogP contribution in [0.3, 0.4) is 0 Å². The van der Waals surface area contributed by atoms with Crippen LogP contribution in [0.5, 0.6) is 5.75 Å². The predicted molar refractivity (Wildman–Crippen MR) is 102 cm³/mol. The first-order chi connectivity index (χ1) is 12.9. The van der Waals surface area contributed by atoms with Crippen LogP contribution in [0.4, 0.5) is 11.5 Å². The lowest BCUT2D eigenvalue weighted by Crippen LogP contribution is -2.13. The van der Waals surface area contributed by atoms with Gasteiger partial charge in [-0.25, -0.2) is 0 Å². The van der Waals surface area contributed by atoms with Gasteiger partial charge in [0.1, 0.15) is 5.75 Å². The summed E-state index contributed by atoms with van der Waals surface area (Å²) in [4.78, 5) is 22.7. The van der Waals surface area contributed by atoms with Crippen molar-refractivity contribution in [1.82, 2.24) is 10.2 Å². The normalized spacial score (nSPS) is 10.5. The van der Waals surface area contributed by atoms with Gasteiger partial charge in [-0.2, -0.15) is 5.10 Å². The van der Waals surface area contributed by atoms with Gasteiger partial charge in [0.05, 0.1) is 28.3 Å². The maximum Gasteiger partial charge on any atom is 0.270 e. The van der Waals surface area contributed by atoms with E-state index in [4.69, 9.17) is 27.9 Å². The van der Waals surface area contributed by atoms with Gasteiger partial charge in [0.2, 0.25) is 0 Å². The maximum atomic E-state index is 12.4. The third-order valence-corrected chi connectivity index (χ3v) is 4.24. The van der Waals surface area contributed by atoms with Crippen LogP contribution >= 0.6 is 23.2 Å². The molecular formula is C17H12Cl2N4O4. The van der Waals surface area contributed by atoms with Gasteiger partial charge in [0, 0.05) is 28.8 Å². The number of carbonyl (C=O) groups excluding carboxylic acids is 1. The number of nitrogens with zero attached hydrogens (tertiary/aromatic N) is 2. The number of benzene rings is 2. The molecule has 0 unspecified atom stereocenters. The number of halogens is 2. The number of aromatic nitrogens is 2. The summed E-state index contributed by atoms with van der Waals surface area (Å²) in [6.07, 6.45) is 0. The van der Waals surface area contributed by atoms with Crippen molar-refractivity contribution in [2.45, 2.75) is 0 Å². The lowest BCUT2D eigenvalue weighted by molar-refractivity contribution is -0.384. The molecule has 138 valence electrons. The number of ether oxygens (including phenoxy) is 1. The van der Waals surface area contributed by atoms with Gasteiger partial charge in [-0.15, -0.1) is 0 Å². The number of nitrogens with one attached hydrogen (secondary N) is 2. The average molecular weight is 407 g/mol. The van der Waals surface area contributed by atoms with E-state index in [1.54, 1.807) is 24.3 Å². The highest BCUT2D eigenvalue weighted by atomic mass is 35.5. The van der Waals surface area contributed by atoms with E-state index in [1.807, 2.05) is 0 Å². The van der Waals surface area contributed by atoms with Crippen LogP contribution in [0.25, 0.3) is 11.3 Å². The number of nitro groups is 1. The van der Waals surface area contributed by atoms with E-state index < -0.39 is 10.8 Å². The Morgan fingerprint density at radius 3 is 2.70 bits per heavy atom. The monoisotopic (exact) mass is 406 g/mol. The largest absolute Gasteiger partial charge is 0.496 e. The van der Waals surface area contributed by atoms with Crippen LogP contribution < -0.4 is 10.1 Å². The summed E-state index contributed by atoms with van der Waals surface area (Å²) >= 11 is 12.0. The first-order valence-electron chi connectivity index (χ1n) is 7.53. The lowest BCUT2D eigenvalue weighted by atomic mass is 10.1. The molecule has 10 heteroatoms. The summed E-state index contributed by atoms with van der Waals surface area (Å²) in [5, 5.41) is 20.8. The number of non-ortho nitro benzene ring substituents is 1. The molecule has 2 aromatic carbocycles. The van der Waals surface area contributed by atoms with Crippen molar-refractivity contribution >= 4 is 40.6 Å². The second-order valence-electron chi connectivity index (χ2n) is 5.39. The van der Waals surface area contributed by atoms with Crippen molar-refractivity contribution in [3.63, 3.8) is 0 Å². The molecular weight excluding hydrogens is 395 g/mol. The fourth-order valence-corrected chi connectivity index (χ4v) is 2.77. The number of aromatic amines is 1. The Bertz CT molecular complexity index is 1040. The standard InChI is InChI=1S/C17H12Cl2N4O4/c1-27-15-5-2-9(18)6-12(15)14-8-16(22-21-14)20-17(24)11-7-10(23(25)26)3-4-13(11)19/h2-8H,1H3,(H2,20,21,22,24). The second-order valence-corrected chi connectivity index (χ2v) is 6.23. The molecule has 3 aromatic rings. The number of rotatable bonds is 5. The smallest absolute Gasteiger partial charge is 0.270 e. The van der Waals surface area contributed by atoms with Crippen LogP contribution in [0.15, 0.2) is 42.5 Å². The Labute approximate surface area is 163 Å². The molecule has 0 bridgehead atoms. The zero-order valence-corrected chi connectivity index (χ0v) is 15.3. The number of hydrogen-bond donors (Lipinski definition) is 2. The van der Waals surface area contributed by atoms with Crippen LogP contribution in [-0.2, 0) is 0 Å². The topological polar surface area (TPSA) is 110 Å². The number of H-pyrrole nitrogens is 1. The van der Waals surface area contributed by atoms with Crippen LogP contribution in [0.1, 0.15) is 10.4 Å². The third-order valence-electron chi connectivity index (χ3n) is 3.68. The van der Waals surface area contributed by atoms with Gasteiger partial charge in [0.15, 0.2) is 5.82 Å². The molecule has 1 aromatic heterocycles. The molecule has 0 atom stereocenters. The molecule has 0 spiro atoms. The summed E-state index contributed by atoms with van der Waals surface area (Å²) in [5.74, 6) is 0.155. The van der Waals surface area contributed by atoms with Crippen LogP contribution in [-0.4, -0.2) is 28.1 Å². The molecule has 0 aliphatic rings. The van der Waals surface area contributed by atoms with Crippen molar-refractivity contribution in [3.8, 4) is 17.0 Å². The zero-order chi connectivity index (χ0) is 19.6. The van der Waals surface area contributed by atoms with Gasteiger partial charge >= 0.3 is 0 Å². The minimum absolute atomic E-state index is 0.0317. The fourth-order valence-electron chi connectivity index (χ4n) is 2.40. The summed E-state index contributed by atoms with van der Waals surface area (Å²) in [5.41, 5.74) is 0.952. The van der Waals surface area contributed by atoms with Crippen molar-refractivity contribution in [3.05, 3.63) is 68.2 Å². The Morgan fingerprint density at radius 2 is 2.00 bits per heavy atom. The van der Waals surface area contributed by atoms with E-state index >= 15 is 0 Å². The maximum absolute atomic E-state index is 12.4. The second kappa shape index (κ2) is 7.65. The quantitative estimate of drug-likeness (QED) is 0.476. The van der Waals surface area contributed by atoms with E-state index in [9.17, 15) is 14.9 Å². The highest BCUT2D eigenvalue weighted by Gasteiger charge is 2.17. The lowest BCUT2D eigenvalue weighted by Gasteiger charge is -2.06. The molecule has 0 fully saturated rings. The number of nitro benzene ring substituents is 1. The summed E-state index contributed by atoms with van der Waals surface area (Å²) in [6, 6.07) is 10.3. The van der Waals surface area contributed by atoms with Gasteiger partial charge in [0.25, 0.3) is 11.6 Å². The predicted octanol–water partition coefficient (Wildman–Crippen LogP) is 4.55. The van der Waals surface area contributed by atoms with E-state index in [0.717, 1.165) is 6.07 Å². The fraction of sp³-hybridized carbons (Fsp3) is 0.0588. The Kier molecular flexibility index (Phi) is 5.29. The molecule has 0 saturated heterocycles. The van der Waals surface area contributed by atoms with Crippen LogP contribution in [0, 0.1) is 10.1 Å². The van der Waals surface area contributed by atoms with Crippen molar-refractivity contribution in [2.24, 2.45) is 0 Å². The highest BCUT2D eigenvalue weighted by molar-refractivity contribution is 6.34. The van der Waals surface area contributed by atoms with E-state index in [1.165, 1.54) is 19.2 Å². The molecule has 1 heterocycles. The number of amides is 1. The van der Waals surface area contributed by atoms with Gasteiger partial charge in [-0.3, -0.25) is 20.0 Å². The summed E-state index contributed by atoms with van der Waals surface area (Å²) < 4.78 is 5.29. The molecule has 1 amide bonds. The number of hydrogen-bond acceptors (Lipinski definition) is 5. The Morgan fingerprint density at radius 1 is 1.22 bits per heavy atom. The molecule has 0 aliphatic carbocycles. The minimum Gasteiger partial charge on any atom is -0.496 e. The minimum atomic E-state index is -0.625. The molecule has 0 aliphatic heterocycles. The van der Waals surface area contributed by atoms with Crippen molar-refractivity contribution in [2.75, 3.05) is 12.4 Å². The van der Waals surface area contributed by atoms with Gasteiger partial charge in [-0.1, -0.05) is 23.2 Å². The van der Waals surface area contributed by atoms with Gasteiger partial charge in [-0.05, 0) is 24.3 Å². The molecule has 27 heavy (non-hydrogen) atoms. The zero-order valence-electron chi connectivity index (χ0n) is 13.8. The molecule has 3 rings (SSSR count). The average Bonchev–Trinajstić information content (AvgIpc) is 3.10. The van der Waals surface area contributed by atoms with E-state index in [-0.39, 0.29) is 22.1 Å². The first kappa shape index (κ1) is 18.7. The highest BCUT2D eigenvalue weighted by Crippen LogP contribution is 2.32. The first-order valence-corrected chi connectivity index (χ1v) is 8.29. The molecule has 8 nitrogen and oxygen atoms in total. The van der Waals surface area contributed by atoms with E-state index in [0.29, 0.717) is 22.0 Å². The van der Waals surface area contributed by atoms with Crippen molar-refractivity contribution < 1.29 is 14.5 Å². The SMILES string of the molecule is COc1ccc(Cl)cc1-c1cc(NC(=O)c2cc([N+](=O)[O-])ccc2Cl)n[nH]1. The van der Waals surface area contributed by atoms with Gasteiger partial charge < -0.3 is 10.1 Å². The number of anilines is 1. The third kappa shape index (κ3) is 4.02. The van der Waals surface area contributed by atoms with Crippen LogP contribution in [0.2, 0.25) is 10.0 Å². The summed E-state index contributed by atoms with van der Waals surface area (Å²) in [6.45, 7) is 0. The Hall–Kier alpha value is -3.10.